The van der Waals surface area contributed by atoms with Crippen molar-refractivity contribution in [2.45, 2.75) is 44.3 Å². The molecule has 1 aliphatic rings. The van der Waals surface area contributed by atoms with Crippen molar-refractivity contribution in [3.05, 3.63) is 48.2 Å². The summed E-state index contributed by atoms with van der Waals surface area (Å²) in [6.07, 6.45) is 9.23. The van der Waals surface area contributed by atoms with Gasteiger partial charge < -0.3 is 5.32 Å². The minimum Gasteiger partial charge on any atom is -0.311 e. The maximum absolute atomic E-state index is 12.3. The number of nitrogens with zero attached hydrogens (tertiary/aromatic N) is 4. The van der Waals surface area contributed by atoms with E-state index in [1.807, 2.05) is 35.0 Å². The lowest BCUT2D eigenvalue weighted by Crippen LogP contribution is -2.20. The van der Waals surface area contributed by atoms with E-state index in [0.717, 1.165) is 5.56 Å². The monoisotopic (exact) mass is 335 g/mol. The highest BCUT2D eigenvalue weighted by Gasteiger charge is 2.39. The zero-order valence-electron chi connectivity index (χ0n) is 14.2. The van der Waals surface area contributed by atoms with Gasteiger partial charge in [0.2, 0.25) is 5.91 Å². The van der Waals surface area contributed by atoms with Gasteiger partial charge in [-0.1, -0.05) is 30.3 Å². The summed E-state index contributed by atoms with van der Waals surface area (Å²) in [6.45, 7) is 2.05. The Labute approximate surface area is 147 Å². The molecule has 128 valence electrons. The molecular weight excluding hydrogens is 314 g/mol. The first-order chi connectivity index (χ1) is 12.1. The number of nitrogens with one attached hydrogen (secondary N) is 1. The molecule has 1 aliphatic heterocycles. The molecule has 6 heteroatoms. The van der Waals surface area contributed by atoms with Crippen molar-refractivity contribution in [2.75, 3.05) is 5.32 Å². The molecule has 25 heavy (non-hydrogen) atoms. The third kappa shape index (κ3) is 4.13. The smallest absolute Gasteiger partial charge is 0.225 e. The number of carbonyl (C=O) groups is 1. The Kier molecular flexibility index (Phi) is 4.94. The van der Waals surface area contributed by atoms with E-state index in [-0.39, 0.29) is 11.9 Å². The van der Waals surface area contributed by atoms with Gasteiger partial charge in [0.05, 0.1) is 12.2 Å². The number of hydrogen-bond donors (Lipinski definition) is 1. The van der Waals surface area contributed by atoms with Crippen molar-refractivity contribution in [2.24, 2.45) is 10.2 Å². The second-order valence-corrected chi connectivity index (χ2v) is 6.18. The number of aromatic nitrogens is 2. The van der Waals surface area contributed by atoms with Crippen molar-refractivity contribution in [3.8, 4) is 12.3 Å². The van der Waals surface area contributed by atoms with Crippen molar-refractivity contribution >= 4 is 11.7 Å². The van der Waals surface area contributed by atoms with E-state index in [2.05, 4.69) is 33.5 Å². The second-order valence-electron chi connectivity index (χ2n) is 6.18. The van der Waals surface area contributed by atoms with Gasteiger partial charge in [0.25, 0.3) is 0 Å². The average Bonchev–Trinajstić information content (AvgIpc) is 3.28. The minimum atomic E-state index is -0.429. The Balaban J connectivity index is 1.58. The van der Waals surface area contributed by atoms with Crippen LogP contribution < -0.4 is 5.32 Å². The number of anilines is 1. The molecule has 1 N–H and O–H groups in total. The molecule has 6 nitrogen and oxygen atoms in total. The van der Waals surface area contributed by atoms with Crippen LogP contribution in [0.15, 0.2) is 52.8 Å². The quantitative estimate of drug-likeness (QED) is 0.746. The summed E-state index contributed by atoms with van der Waals surface area (Å²) in [4.78, 5) is 12.3. The Morgan fingerprint density at radius 3 is 2.72 bits per heavy atom. The Morgan fingerprint density at radius 2 is 2.04 bits per heavy atom. The van der Waals surface area contributed by atoms with Gasteiger partial charge >= 0.3 is 0 Å². The fourth-order valence-electron chi connectivity index (χ4n) is 2.78. The molecule has 0 fully saturated rings. The molecule has 1 atom stereocenters. The van der Waals surface area contributed by atoms with Gasteiger partial charge in [-0.15, -0.1) is 12.3 Å². The molecule has 0 spiro atoms. The highest BCUT2D eigenvalue weighted by Crippen LogP contribution is 2.37. The Bertz CT molecular complexity index is 797. The summed E-state index contributed by atoms with van der Waals surface area (Å²) in [5, 5.41) is 15.4. The van der Waals surface area contributed by atoms with Crippen LogP contribution in [0.25, 0.3) is 0 Å². The molecule has 0 saturated heterocycles. The highest BCUT2D eigenvalue weighted by atomic mass is 16.1. The van der Waals surface area contributed by atoms with Crippen LogP contribution in [0.1, 0.15) is 44.2 Å². The summed E-state index contributed by atoms with van der Waals surface area (Å²) in [6, 6.07) is 11.9. The summed E-state index contributed by atoms with van der Waals surface area (Å²) >= 11 is 0. The van der Waals surface area contributed by atoms with Gasteiger partial charge in [-0.25, -0.2) is 4.68 Å². The SMILES string of the molecule is C#CCCC1(CCC(=O)Nc2ccnn2C(C)c2ccccc2)N=N1. The summed E-state index contributed by atoms with van der Waals surface area (Å²) in [5.41, 5.74) is 0.701. The molecular formula is C19H21N5O. The Morgan fingerprint density at radius 1 is 1.28 bits per heavy atom. The maximum atomic E-state index is 12.3. The predicted octanol–water partition coefficient (Wildman–Crippen LogP) is 3.79. The molecule has 3 rings (SSSR count). The number of carbonyl (C=O) groups excluding carboxylic acids is 1. The van der Waals surface area contributed by atoms with E-state index in [4.69, 9.17) is 6.42 Å². The third-order valence-corrected chi connectivity index (χ3v) is 4.39. The Hall–Kier alpha value is -2.94. The van der Waals surface area contributed by atoms with Crippen molar-refractivity contribution in [1.29, 1.82) is 0 Å². The van der Waals surface area contributed by atoms with Crippen molar-refractivity contribution < 1.29 is 4.79 Å². The van der Waals surface area contributed by atoms with Crippen LogP contribution >= 0.6 is 0 Å². The average molecular weight is 335 g/mol. The fraction of sp³-hybridized carbons (Fsp3) is 0.368. The van der Waals surface area contributed by atoms with Crippen LogP contribution in [0.5, 0.6) is 0 Å². The maximum Gasteiger partial charge on any atom is 0.225 e. The molecule has 1 aromatic carbocycles. The molecule has 1 amide bonds. The summed E-state index contributed by atoms with van der Waals surface area (Å²) in [7, 11) is 0. The van der Waals surface area contributed by atoms with Crippen molar-refractivity contribution in [1.82, 2.24) is 9.78 Å². The zero-order chi connectivity index (χ0) is 17.7. The first kappa shape index (κ1) is 16.9. The second kappa shape index (κ2) is 7.31. The number of terminal acetylenes is 1. The number of benzene rings is 1. The summed E-state index contributed by atoms with van der Waals surface area (Å²) < 4.78 is 1.81. The topological polar surface area (TPSA) is 71.6 Å². The highest BCUT2D eigenvalue weighted by molar-refractivity contribution is 5.89. The number of rotatable bonds is 8. The van der Waals surface area contributed by atoms with Gasteiger partial charge in [-0.3, -0.25) is 4.79 Å². The first-order valence-corrected chi connectivity index (χ1v) is 8.39. The van der Waals surface area contributed by atoms with Gasteiger partial charge in [-0.2, -0.15) is 15.3 Å². The van der Waals surface area contributed by atoms with Crippen LogP contribution in [0.3, 0.4) is 0 Å². The molecule has 2 aromatic rings. The van der Waals surface area contributed by atoms with Gasteiger partial charge in [-0.05, 0) is 12.5 Å². The molecule has 0 aliphatic carbocycles. The summed E-state index contributed by atoms with van der Waals surface area (Å²) in [5.74, 6) is 3.21. The molecule has 0 bridgehead atoms. The lowest BCUT2D eigenvalue weighted by atomic mass is 10.0. The van der Waals surface area contributed by atoms with Crippen LogP contribution in [-0.2, 0) is 4.79 Å². The van der Waals surface area contributed by atoms with E-state index < -0.39 is 5.66 Å². The van der Waals surface area contributed by atoms with E-state index in [9.17, 15) is 4.79 Å². The largest absolute Gasteiger partial charge is 0.311 e. The van der Waals surface area contributed by atoms with Gasteiger partial charge in [0.15, 0.2) is 5.66 Å². The molecule has 1 aromatic heterocycles. The van der Waals surface area contributed by atoms with E-state index in [0.29, 0.717) is 31.5 Å². The minimum absolute atomic E-state index is 0.0295. The molecule has 2 heterocycles. The van der Waals surface area contributed by atoms with Crippen LogP contribution in [0, 0.1) is 12.3 Å². The third-order valence-electron chi connectivity index (χ3n) is 4.39. The zero-order valence-corrected chi connectivity index (χ0v) is 14.2. The van der Waals surface area contributed by atoms with Gasteiger partial charge in [0, 0.05) is 31.7 Å². The lowest BCUT2D eigenvalue weighted by molar-refractivity contribution is -0.116. The van der Waals surface area contributed by atoms with Crippen LogP contribution in [-0.4, -0.2) is 21.4 Å². The first-order valence-electron chi connectivity index (χ1n) is 8.39. The number of hydrogen-bond acceptors (Lipinski definition) is 4. The predicted molar refractivity (Wildman–Crippen MR) is 96.0 cm³/mol. The van der Waals surface area contributed by atoms with Crippen molar-refractivity contribution in [3.63, 3.8) is 0 Å². The molecule has 0 saturated carbocycles. The standard InChI is InChI=1S/C19H21N5O/c1-3-4-12-19(22-23-19)13-10-18(25)21-17-11-14-20-24(17)15(2)16-8-6-5-7-9-16/h1,5-9,11,14-15H,4,10,12-13H2,2H3,(H,21,25). The van der Waals surface area contributed by atoms with Crippen LogP contribution in [0.2, 0.25) is 0 Å². The van der Waals surface area contributed by atoms with E-state index in [1.165, 1.54) is 0 Å². The normalized spacial score (nSPS) is 15.4. The fourth-order valence-corrected chi connectivity index (χ4v) is 2.78. The lowest BCUT2D eigenvalue weighted by Gasteiger charge is -2.16. The molecule has 0 radical (unpaired) electrons. The van der Waals surface area contributed by atoms with Crippen LogP contribution in [0.4, 0.5) is 5.82 Å². The van der Waals surface area contributed by atoms with Gasteiger partial charge in [0.1, 0.15) is 5.82 Å². The number of amides is 1. The van der Waals surface area contributed by atoms with E-state index >= 15 is 0 Å². The molecule has 1 unspecified atom stereocenters. The van der Waals surface area contributed by atoms with E-state index in [1.54, 1.807) is 12.3 Å².